The van der Waals surface area contributed by atoms with Gasteiger partial charge in [-0.15, -0.1) is 0 Å². The van der Waals surface area contributed by atoms with Crippen molar-refractivity contribution in [1.29, 1.82) is 0 Å². The van der Waals surface area contributed by atoms with Gasteiger partial charge in [0.25, 0.3) is 11.8 Å². The molecule has 10 heteroatoms. The molecule has 0 fully saturated rings. The van der Waals surface area contributed by atoms with Crippen LogP contribution in [0.4, 0.5) is 11.4 Å². The van der Waals surface area contributed by atoms with Gasteiger partial charge in [-0.3, -0.25) is 9.59 Å². The molecule has 0 spiro atoms. The van der Waals surface area contributed by atoms with Gasteiger partial charge in [0.15, 0.2) is 13.2 Å². The number of rotatable bonds is 10. The first kappa shape index (κ1) is 23.9. The van der Waals surface area contributed by atoms with Crippen LogP contribution >= 0.6 is 0 Å². The van der Waals surface area contributed by atoms with Crippen molar-refractivity contribution in [3.8, 4) is 11.5 Å². The molecule has 0 aliphatic carbocycles. The van der Waals surface area contributed by atoms with Gasteiger partial charge in [-0.25, -0.2) is 9.59 Å². The van der Waals surface area contributed by atoms with Crippen LogP contribution in [0, 0.1) is 0 Å². The largest absolute Gasteiger partial charge is 0.497 e. The number of hydrogen-bond donors (Lipinski definition) is 2. The molecular weight excluding hydrogens is 420 g/mol. The lowest BCUT2D eigenvalue weighted by molar-refractivity contribution is -0.144. The highest BCUT2D eigenvalue weighted by atomic mass is 16.5. The van der Waals surface area contributed by atoms with Crippen LogP contribution in [0.3, 0.4) is 0 Å². The summed E-state index contributed by atoms with van der Waals surface area (Å²) in [5, 5.41) is 5.07. The van der Waals surface area contributed by atoms with E-state index in [2.05, 4.69) is 10.6 Å². The van der Waals surface area contributed by atoms with Gasteiger partial charge in [0.2, 0.25) is 0 Å². The number of carbonyl (C=O) groups excluding carboxylic acids is 4. The average molecular weight is 442 g/mol. The summed E-state index contributed by atoms with van der Waals surface area (Å²) in [7, 11) is 3.04. The molecule has 2 N–H and O–H groups in total. The fraction of sp³-hybridized carbons (Fsp3) is 0.182. The maximum absolute atomic E-state index is 11.8. The SMILES string of the molecule is COc1ccc(NC(=O)COC(=O)/C=C/C(=O)OCC(=O)Nc2ccc(OC)cc2)cc1. The summed E-state index contributed by atoms with van der Waals surface area (Å²) >= 11 is 0. The second kappa shape index (κ2) is 12.4. The van der Waals surface area contributed by atoms with E-state index in [1.54, 1.807) is 48.5 Å². The summed E-state index contributed by atoms with van der Waals surface area (Å²) in [6.07, 6.45) is 1.59. The van der Waals surface area contributed by atoms with Gasteiger partial charge in [-0.05, 0) is 48.5 Å². The molecule has 0 bridgehead atoms. The van der Waals surface area contributed by atoms with E-state index in [9.17, 15) is 19.2 Å². The molecule has 0 unspecified atom stereocenters. The van der Waals surface area contributed by atoms with E-state index in [4.69, 9.17) is 18.9 Å². The van der Waals surface area contributed by atoms with Crippen LogP contribution in [0.15, 0.2) is 60.7 Å². The number of esters is 2. The highest BCUT2D eigenvalue weighted by molar-refractivity contribution is 5.97. The van der Waals surface area contributed by atoms with Crippen LogP contribution < -0.4 is 20.1 Å². The first-order valence-electron chi connectivity index (χ1n) is 9.29. The lowest BCUT2D eigenvalue weighted by Gasteiger charge is -2.07. The maximum atomic E-state index is 11.8. The minimum atomic E-state index is -0.922. The molecule has 2 aromatic carbocycles. The third-order valence-electron chi connectivity index (χ3n) is 3.79. The summed E-state index contributed by atoms with van der Waals surface area (Å²) < 4.78 is 19.5. The van der Waals surface area contributed by atoms with E-state index in [0.717, 1.165) is 12.2 Å². The molecular formula is C22H22N2O8. The quantitative estimate of drug-likeness (QED) is 0.422. The van der Waals surface area contributed by atoms with Crippen molar-refractivity contribution in [3.63, 3.8) is 0 Å². The van der Waals surface area contributed by atoms with Gasteiger partial charge >= 0.3 is 11.9 Å². The molecule has 2 aromatic rings. The molecule has 2 amide bonds. The van der Waals surface area contributed by atoms with Crippen LogP contribution in [0.25, 0.3) is 0 Å². The number of hydrogen-bond acceptors (Lipinski definition) is 8. The van der Waals surface area contributed by atoms with E-state index in [0.29, 0.717) is 22.9 Å². The van der Waals surface area contributed by atoms with Crippen molar-refractivity contribution in [3.05, 3.63) is 60.7 Å². The Morgan fingerprint density at radius 3 is 1.31 bits per heavy atom. The molecule has 0 heterocycles. The van der Waals surface area contributed by atoms with E-state index in [1.807, 2.05) is 0 Å². The molecule has 0 radical (unpaired) electrons. The lowest BCUT2D eigenvalue weighted by atomic mass is 10.3. The zero-order valence-electron chi connectivity index (χ0n) is 17.5. The Morgan fingerprint density at radius 1 is 0.656 bits per heavy atom. The van der Waals surface area contributed by atoms with Gasteiger partial charge < -0.3 is 29.6 Å². The molecule has 2 rings (SSSR count). The summed E-state index contributed by atoms with van der Waals surface area (Å²) in [4.78, 5) is 46.8. The van der Waals surface area contributed by atoms with Crippen LogP contribution in [0.2, 0.25) is 0 Å². The Kier molecular flexibility index (Phi) is 9.26. The molecule has 0 saturated heterocycles. The van der Waals surface area contributed by atoms with Gasteiger partial charge in [-0.1, -0.05) is 0 Å². The smallest absolute Gasteiger partial charge is 0.331 e. The number of nitrogens with one attached hydrogen (secondary N) is 2. The van der Waals surface area contributed by atoms with E-state index < -0.39 is 37.0 Å². The molecule has 0 atom stereocenters. The summed E-state index contributed by atoms with van der Waals surface area (Å²) in [5.41, 5.74) is 0.998. The minimum absolute atomic E-state index is 0.499. The molecule has 0 aliphatic heterocycles. The third kappa shape index (κ3) is 8.57. The highest BCUT2D eigenvalue weighted by Crippen LogP contribution is 2.15. The number of anilines is 2. The van der Waals surface area contributed by atoms with Crippen molar-refractivity contribution >= 4 is 35.1 Å². The molecule has 0 saturated carbocycles. The Morgan fingerprint density at radius 2 is 1.00 bits per heavy atom. The molecule has 168 valence electrons. The zero-order valence-corrected chi connectivity index (χ0v) is 17.5. The average Bonchev–Trinajstić information content (AvgIpc) is 2.81. The van der Waals surface area contributed by atoms with Crippen molar-refractivity contribution in [2.45, 2.75) is 0 Å². The Labute approximate surface area is 184 Å². The third-order valence-corrected chi connectivity index (χ3v) is 3.79. The number of benzene rings is 2. The van der Waals surface area contributed by atoms with Crippen molar-refractivity contribution in [2.24, 2.45) is 0 Å². The predicted octanol–water partition coefficient (Wildman–Crippen LogP) is 1.92. The normalized spacial score (nSPS) is 10.2. The Bertz CT molecular complexity index is 889. The number of ether oxygens (including phenoxy) is 4. The van der Waals surface area contributed by atoms with Crippen molar-refractivity contribution in [2.75, 3.05) is 38.1 Å². The predicted molar refractivity (Wildman–Crippen MR) is 114 cm³/mol. The van der Waals surface area contributed by atoms with E-state index in [1.165, 1.54) is 14.2 Å². The number of carbonyl (C=O) groups is 4. The standard InChI is InChI=1S/C22H22N2O8/c1-29-17-7-3-15(4-8-17)23-19(25)13-31-21(27)11-12-22(28)32-14-20(26)24-16-5-9-18(30-2)10-6-16/h3-12H,13-14H2,1-2H3,(H,23,25)(H,24,26)/b12-11+. The van der Waals surface area contributed by atoms with Gasteiger partial charge in [0.1, 0.15) is 11.5 Å². The fourth-order valence-corrected chi connectivity index (χ4v) is 2.25. The molecule has 0 aliphatic rings. The fourth-order valence-electron chi connectivity index (χ4n) is 2.25. The topological polar surface area (TPSA) is 129 Å². The number of methoxy groups -OCH3 is 2. The van der Waals surface area contributed by atoms with Gasteiger partial charge in [-0.2, -0.15) is 0 Å². The van der Waals surface area contributed by atoms with Crippen LogP contribution in [-0.2, 0) is 28.7 Å². The minimum Gasteiger partial charge on any atom is -0.497 e. The van der Waals surface area contributed by atoms with Crippen molar-refractivity contribution in [1.82, 2.24) is 0 Å². The van der Waals surface area contributed by atoms with Crippen molar-refractivity contribution < 1.29 is 38.1 Å². The summed E-state index contributed by atoms with van der Waals surface area (Å²) in [6.45, 7) is -1.09. The zero-order chi connectivity index (χ0) is 23.3. The van der Waals surface area contributed by atoms with Gasteiger partial charge in [0.05, 0.1) is 14.2 Å². The molecule has 32 heavy (non-hydrogen) atoms. The monoisotopic (exact) mass is 442 g/mol. The van der Waals surface area contributed by atoms with Crippen LogP contribution in [-0.4, -0.2) is 51.2 Å². The second-order valence-electron chi connectivity index (χ2n) is 6.10. The summed E-state index contributed by atoms with van der Waals surface area (Å²) in [6, 6.07) is 13.1. The first-order valence-corrected chi connectivity index (χ1v) is 9.29. The Balaban J connectivity index is 1.66. The van der Waals surface area contributed by atoms with Crippen LogP contribution in [0.1, 0.15) is 0 Å². The maximum Gasteiger partial charge on any atom is 0.331 e. The molecule has 10 nitrogen and oxygen atoms in total. The van der Waals surface area contributed by atoms with E-state index in [-0.39, 0.29) is 0 Å². The number of amides is 2. The second-order valence-corrected chi connectivity index (χ2v) is 6.10. The lowest BCUT2D eigenvalue weighted by Crippen LogP contribution is -2.21. The first-order chi connectivity index (χ1) is 15.4. The molecule has 0 aromatic heterocycles. The summed E-state index contributed by atoms with van der Waals surface area (Å²) in [5.74, 6) is -1.71. The van der Waals surface area contributed by atoms with E-state index >= 15 is 0 Å². The van der Waals surface area contributed by atoms with Gasteiger partial charge in [0, 0.05) is 23.5 Å². The van der Waals surface area contributed by atoms with Crippen LogP contribution in [0.5, 0.6) is 11.5 Å². The highest BCUT2D eigenvalue weighted by Gasteiger charge is 2.09. The Hall–Kier alpha value is -4.34.